The molecule has 8 heteroatoms. The Morgan fingerprint density at radius 2 is 1.87 bits per heavy atom. The van der Waals surface area contributed by atoms with E-state index in [4.69, 9.17) is 16.3 Å². The summed E-state index contributed by atoms with van der Waals surface area (Å²) in [5, 5.41) is 10.2. The normalized spacial score (nSPS) is 16.4. The lowest BCUT2D eigenvalue weighted by Crippen LogP contribution is -2.42. The van der Waals surface area contributed by atoms with Crippen molar-refractivity contribution in [1.82, 2.24) is 19.7 Å². The van der Waals surface area contributed by atoms with Crippen LogP contribution < -0.4 is 4.74 Å². The van der Waals surface area contributed by atoms with Gasteiger partial charge in [-0.2, -0.15) is 0 Å². The summed E-state index contributed by atoms with van der Waals surface area (Å²) < 4.78 is 7.26. The predicted molar refractivity (Wildman–Crippen MR) is 124 cm³/mol. The van der Waals surface area contributed by atoms with Gasteiger partial charge in [-0.1, -0.05) is 23.4 Å². The molecule has 0 unspecified atom stereocenters. The van der Waals surface area contributed by atoms with Gasteiger partial charge in [0.2, 0.25) is 5.91 Å². The number of likely N-dealkylation sites (tertiary alicyclic amines) is 1. The van der Waals surface area contributed by atoms with Gasteiger partial charge in [0.1, 0.15) is 5.75 Å². The fourth-order valence-corrected chi connectivity index (χ4v) is 4.76. The van der Waals surface area contributed by atoms with E-state index in [0.29, 0.717) is 27.8 Å². The van der Waals surface area contributed by atoms with Crippen LogP contribution in [0.5, 0.6) is 5.75 Å². The molecule has 2 aromatic carbocycles. The van der Waals surface area contributed by atoms with E-state index in [9.17, 15) is 4.79 Å². The van der Waals surface area contributed by atoms with Crippen molar-refractivity contribution in [1.29, 1.82) is 0 Å². The van der Waals surface area contributed by atoms with Gasteiger partial charge >= 0.3 is 0 Å². The summed E-state index contributed by atoms with van der Waals surface area (Å²) >= 11 is 7.48. The number of ether oxygens (including phenoxy) is 1. The second-order valence-electron chi connectivity index (χ2n) is 7.57. The van der Waals surface area contributed by atoms with Gasteiger partial charge < -0.3 is 9.64 Å². The summed E-state index contributed by atoms with van der Waals surface area (Å²) in [7, 11) is 1.64. The topological polar surface area (TPSA) is 60.2 Å². The maximum absolute atomic E-state index is 12.8. The number of nitrogens with zero attached hydrogens (tertiary/aromatic N) is 4. The highest BCUT2D eigenvalue weighted by Gasteiger charge is 2.24. The number of methoxy groups -OCH3 is 1. The zero-order chi connectivity index (χ0) is 21.8. The third kappa shape index (κ3) is 4.88. The summed E-state index contributed by atoms with van der Waals surface area (Å²) in [5.74, 6) is 1.95. The van der Waals surface area contributed by atoms with Crippen molar-refractivity contribution < 1.29 is 9.53 Å². The zero-order valence-electron chi connectivity index (χ0n) is 17.6. The van der Waals surface area contributed by atoms with Crippen LogP contribution in [-0.2, 0) is 4.79 Å². The van der Waals surface area contributed by atoms with E-state index in [1.54, 1.807) is 7.11 Å². The number of halogens is 1. The van der Waals surface area contributed by atoms with Gasteiger partial charge in [-0.3, -0.25) is 9.36 Å². The molecule has 4 rings (SSSR count). The second-order valence-corrected chi connectivity index (χ2v) is 8.95. The van der Waals surface area contributed by atoms with Crippen LogP contribution in [0.2, 0.25) is 5.02 Å². The molecule has 1 aliphatic rings. The number of aromatic nitrogens is 3. The minimum absolute atomic E-state index is 0.148. The van der Waals surface area contributed by atoms with Gasteiger partial charge in [-0.05, 0) is 74.7 Å². The van der Waals surface area contributed by atoms with Gasteiger partial charge in [0.25, 0.3) is 0 Å². The Balaban J connectivity index is 1.63. The Morgan fingerprint density at radius 3 is 2.55 bits per heavy atom. The number of amides is 1. The number of piperidine rings is 1. The molecule has 31 heavy (non-hydrogen) atoms. The minimum Gasteiger partial charge on any atom is -0.497 e. The summed E-state index contributed by atoms with van der Waals surface area (Å²) in [5.41, 5.74) is 1.80. The summed E-state index contributed by atoms with van der Waals surface area (Å²) in [6, 6.07) is 15.5. The molecule has 1 amide bonds. The summed E-state index contributed by atoms with van der Waals surface area (Å²) in [6.07, 6.45) is 3.33. The van der Waals surface area contributed by atoms with E-state index in [0.717, 1.165) is 36.4 Å². The lowest BCUT2D eigenvalue weighted by atomic mass is 10.0. The number of hydrogen-bond acceptors (Lipinski definition) is 5. The molecule has 0 saturated carbocycles. The van der Waals surface area contributed by atoms with E-state index >= 15 is 0 Å². The quantitative estimate of drug-likeness (QED) is 0.483. The van der Waals surface area contributed by atoms with Crippen LogP contribution in [0.15, 0.2) is 53.7 Å². The molecule has 0 bridgehead atoms. The minimum atomic E-state index is 0.148. The van der Waals surface area contributed by atoms with Gasteiger partial charge in [-0.25, -0.2) is 0 Å². The molecule has 0 N–H and O–H groups in total. The highest BCUT2D eigenvalue weighted by Crippen LogP contribution is 2.30. The van der Waals surface area contributed by atoms with Gasteiger partial charge in [0, 0.05) is 28.9 Å². The molecule has 1 aromatic heterocycles. The molecule has 0 spiro atoms. The fourth-order valence-electron chi connectivity index (χ4n) is 3.79. The largest absolute Gasteiger partial charge is 0.497 e. The first-order chi connectivity index (χ1) is 15.1. The van der Waals surface area contributed by atoms with Crippen molar-refractivity contribution in [2.75, 3.05) is 19.4 Å². The first-order valence-corrected chi connectivity index (χ1v) is 11.7. The van der Waals surface area contributed by atoms with Crippen molar-refractivity contribution in [2.45, 2.75) is 37.4 Å². The van der Waals surface area contributed by atoms with Crippen LogP contribution in [-0.4, -0.2) is 51.0 Å². The Bertz CT molecular complexity index is 1040. The molecule has 1 saturated heterocycles. The first kappa shape index (κ1) is 21.7. The molecule has 0 radical (unpaired) electrons. The average Bonchev–Trinajstić information content (AvgIpc) is 3.22. The first-order valence-electron chi connectivity index (χ1n) is 10.3. The number of thioether (sulfide) groups is 1. The molecule has 162 valence electrons. The monoisotopic (exact) mass is 456 g/mol. The highest BCUT2D eigenvalue weighted by atomic mass is 35.5. The molecule has 0 aliphatic carbocycles. The third-order valence-electron chi connectivity index (χ3n) is 5.51. The molecule has 1 fully saturated rings. The Kier molecular flexibility index (Phi) is 6.83. The van der Waals surface area contributed by atoms with Gasteiger partial charge in [0.05, 0.1) is 12.9 Å². The highest BCUT2D eigenvalue weighted by molar-refractivity contribution is 7.99. The third-order valence-corrected chi connectivity index (χ3v) is 6.68. The second kappa shape index (κ2) is 9.75. The van der Waals surface area contributed by atoms with E-state index < -0.39 is 0 Å². The molecule has 2 heterocycles. The molecule has 1 aliphatic heterocycles. The maximum atomic E-state index is 12.8. The van der Waals surface area contributed by atoms with Crippen LogP contribution in [0.3, 0.4) is 0 Å². The van der Waals surface area contributed by atoms with Crippen molar-refractivity contribution in [3.05, 3.63) is 53.6 Å². The molecule has 3 aromatic rings. The SMILES string of the molecule is COc1ccc(-n2c(SCC(=O)N3CCCC[C@@H]3C)nnc2-c2ccc(Cl)cc2)cc1. The van der Waals surface area contributed by atoms with Crippen molar-refractivity contribution >= 4 is 29.3 Å². The predicted octanol–water partition coefficient (Wildman–Crippen LogP) is 5.09. The van der Waals surface area contributed by atoms with E-state index in [2.05, 4.69) is 17.1 Å². The van der Waals surface area contributed by atoms with Gasteiger partial charge in [-0.15, -0.1) is 10.2 Å². The molecule has 6 nitrogen and oxygen atoms in total. The van der Waals surface area contributed by atoms with Crippen LogP contribution in [0.25, 0.3) is 17.1 Å². The molecular weight excluding hydrogens is 432 g/mol. The number of carbonyl (C=O) groups is 1. The summed E-state index contributed by atoms with van der Waals surface area (Å²) in [4.78, 5) is 14.8. The average molecular weight is 457 g/mol. The number of rotatable bonds is 6. The van der Waals surface area contributed by atoms with Crippen LogP contribution in [0, 0.1) is 0 Å². The Morgan fingerprint density at radius 1 is 1.13 bits per heavy atom. The van der Waals surface area contributed by atoms with Crippen molar-refractivity contribution in [3.8, 4) is 22.8 Å². The van der Waals surface area contributed by atoms with E-state index in [1.165, 1.54) is 18.2 Å². The lowest BCUT2D eigenvalue weighted by Gasteiger charge is -2.33. The maximum Gasteiger partial charge on any atom is 0.233 e. The van der Waals surface area contributed by atoms with E-state index in [-0.39, 0.29) is 5.91 Å². The Hall–Kier alpha value is -2.51. The van der Waals surface area contributed by atoms with Crippen molar-refractivity contribution in [3.63, 3.8) is 0 Å². The van der Waals surface area contributed by atoms with Crippen molar-refractivity contribution in [2.24, 2.45) is 0 Å². The van der Waals surface area contributed by atoms with Crippen LogP contribution >= 0.6 is 23.4 Å². The summed E-state index contributed by atoms with van der Waals surface area (Å²) in [6.45, 7) is 2.96. The Labute approximate surface area is 191 Å². The smallest absolute Gasteiger partial charge is 0.233 e. The molecule has 1 atom stereocenters. The van der Waals surface area contributed by atoms with Crippen LogP contribution in [0.1, 0.15) is 26.2 Å². The number of carbonyl (C=O) groups excluding carboxylic acids is 1. The molecular formula is C23H25ClN4O2S. The standard InChI is InChI=1S/C23H25ClN4O2S/c1-16-5-3-4-14-27(16)21(29)15-31-23-26-25-22(17-6-8-18(24)9-7-17)28(23)19-10-12-20(30-2)13-11-19/h6-13,16H,3-5,14-15H2,1-2H3/t16-/m0/s1. The fraction of sp³-hybridized carbons (Fsp3) is 0.348. The van der Waals surface area contributed by atoms with E-state index in [1.807, 2.05) is 58.0 Å². The zero-order valence-corrected chi connectivity index (χ0v) is 19.2. The van der Waals surface area contributed by atoms with Crippen LogP contribution in [0.4, 0.5) is 0 Å². The number of hydrogen-bond donors (Lipinski definition) is 0. The van der Waals surface area contributed by atoms with Gasteiger partial charge in [0.15, 0.2) is 11.0 Å². The lowest BCUT2D eigenvalue weighted by molar-refractivity contribution is -0.131. The number of benzene rings is 2.